The highest BCUT2D eigenvalue weighted by Crippen LogP contribution is 2.33. The van der Waals surface area contributed by atoms with E-state index in [9.17, 15) is 9.59 Å². The zero-order valence-corrected chi connectivity index (χ0v) is 18.6. The molecule has 0 radical (unpaired) electrons. The van der Waals surface area contributed by atoms with Crippen molar-refractivity contribution in [1.82, 2.24) is 14.8 Å². The van der Waals surface area contributed by atoms with Gasteiger partial charge in [0.2, 0.25) is 0 Å². The van der Waals surface area contributed by atoms with Gasteiger partial charge >= 0.3 is 12.0 Å². The van der Waals surface area contributed by atoms with Gasteiger partial charge in [0.15, 0.2) is 0 Å². The maximum atomic E-state index is 13.1. The molecule has 1 aromatic heterocycles. The van der Waals surface area contributed by atoms with E-state index in [-0.39, 0.29) is 30.9 Å². The van der Waals surface area contributed by atoms with Crippen LogP contribution in [0.4, 0.5) is 10.6 Å². The lowest BCUT2D eigenvalue weighted by atomic mass is 9.83. The highest BCUT2D eigenvalue weighted by Gasteiger charge is 2.37. The Kier molecular flexibility index (Phi) is 7.58. The number of hydrogen-bond acceptors (Lipinski definition) is 4. The molecule has 1 N–H and O–H groups in total. The Bertz CT molecular complexity index is 767. The quantitative estimate of drug-likeness (QED) is 0.766. The lowest BCUT2D eigenvalue weighted by molar-refractivity contribution is -0.137. The Morgan fingerprint density at radius 2 is 1.83 bits per heavy atom. The number of anilines is 1. The second kappa shape index (κ2) is 9.96. The minimum Gasteiger partial charge on any atom is -0.481 e. The maximum Gasteiger partial charge on any atom is 0.326 e. The third kappa shape index (κ3) is 5.06. The van der Waals surface area contributed by atoms with Gasteiger partial charge in [0.05, 0.1) is 0 Å². The van der Waals surface area contributed by atoms with E-state index in [4.69, 9.17) is 10.1 Å². The second-order valence-corrected chi connectivity index (χ2v) is 8.81. The first-order chi connectivity index (χ1) is 14.0. The molecule has 3 aliphatic rings. The van der Waals surface area contributed by atoms with Crippen LogP contribution in [0.25, 0.3) is 0 Å². The van der Waals surface area contributed by atoms with E-state index in [2.05, 4.69) is 18.0 Å². The van der Waals surface area contributed by atoms with Gasteiger partial charge in [-0.25, -0.2) is 9.78 Å². The fraction of sp³-hybridized carbons (Fsp3) is 0.682. The van der Waals surface area contributed by atoms with Gasteiger partial charge in [-0.05, 0) is 63.1 Å². The highest BCUT2D eigenvalue weighted by atomic mass is 35.5. The Balaban J connectivity index is 0.00000256. The molecule has 30 heavy (non-hydrogen) atoms. The van der Waals surface area contributed by atoms with Gasteiger partial charge in [-0.3, -0.25) is 9.69 Å². The summed E-state index contributed by atoms with van der Waals surface area (Å²) in [5, 5.41) is 8.88. The first-order valence-corrected chi connectivity index (χ1v) is 11.0. The average Bonchev–Trinajstić information content (AvgIpc) is 3.00. The summed E-state index contributed by atoms with van der Waals surface area (Å²) in [6, 6.07) is 4.52. The van der Waals surface area contributed by atoms with Crippen molar-refractivity contribution in [3.63, 3.8) is 0 Å². The van der Waals surface area contributed by atoms with Crippen molar-refractivity contribution in [1.29, 1.82) is 0 Å². The summed E-state index contributed by atoms with van der Waals surface area (Å²) >= 11 is 0. The summed E-state index contributed by atoms with van der Waals surface area (Å²) in [6.07, 6.45) is 6.97. The van der Waals surface area contributed by atoms with E-state index in [0.29, 0.717) is 12.5 Å². The van der Waals surface area contributed by atoms with Crippen LogP contribution in [0.3, 0.4) is 0 Å². The Hall–Kier alpha value is -1.86. The molecular weight excluding hydrogens is 404 g/mol. The number of carboxylic acid groups (broad SMARTS) is 1. The molecule has 1 aliphatic carbocycles. The normalized spacial score (nSPS) is 24.9. The van der Waals surface area contributed by atoms with Gasteiger partial charge in [0, 0.05) is 50.8 Å². The summed E-state index contributed by atoms with van der Waals surface area (Å²) in [4.78, 5) is 35.0. The smallest absolute Gasteiger partial charge is 0.326 e. The van der Waals surface area contributed by atoms with E-state index in [0.717, 1.165) is 76.1 Å². The molecule has 4 rings (SSSR count). The van der Waals surface area contributed by atoms with Crippen molar-refractivity contribution in [3.05, 3.63) is 23.4 Å². The molecule has 0 bridgehead atoms. The number of rotatable bonds is 5. The van der Waals surface area contributed by atoms with Crippen LogP contribution in [0.5, 0.6) is 0 Å². The van der Waals surface area contributed by atoms with E-state index in [1.807, 2.05) is 15.9 Å². The maximum absolute atomic E-state index is 13.1. The van der Waals surface area contributed by atoms with Gasteiger partial charge in [-0.1, -0.05) is 6.07 Å². The number of nitrogens with zero attached hydrogens (tertiary/aromatic N) is 4. The summed E-state index contributed by atoms with van der Waals surface area (Å²) < 4.78 is 0. The lowest BCUT2D eigenvalue weighted by Gasteiger charge is -2.34. The minimum absolute atomic E-state index is 0. The third-order valence-corrected chi connectivity index (χ3v) is 6.89. The number of aliphatic carboxylic acids is 1. The van der Waals surface area contributed by atoms with Gasteiger partial charge < -0.3 is 14.9 Å². The Labute approximate surface area is 184 Å². The number of carboxylic acids is 1. The van der Waals surface area contributed by atoms with Gasteiger partial charge in [0.1, 0.15) is 5.82 Å². The van der Waals surface area contributed by atoms with E-state index in [1.54, 1.807) is 0 Å². The van der Waals surface area contributed by atoms with E-state index < -0.39 is 5.97 Å². The Morgan fingerprint density at radius 1 is 1.10 bits per heavy atom. The fourth-order valence-corrected chi connectivity index (χ4v) is 5.01. The Morgan fingerprint density at radius 3 is 2.57 bits per heavy atom. The molecule has 1 saturated carbocycles. The number of pyridine rings is 1. The van der Waals surface area contributed by atoms with Crippen LogP contribution in [0.2, 0.25) is 0 Å². The monoisotopic (exact) mass is 436 g/mol. The number of urea groups is 1. The van der Waals surface area contributed by atoms with Gasteiger partial charge in [0.25, 0.3) is 0 Å². The van der Waals surface area contributed by atoms with E-state index in [1.165, 1.54) is 5.56 Å². The average molecular weight is 437 g/mol. The molecule has 166 valence electrons. The van der Waals surface area contributed by atoms with Crippen molar-refractivity contribution in [2.45, 2.75) is 57.4 Å². The molecule has 0 aromatic carbocycles. The standard InChI is InChI=1S/C22H32N4O3.ClH/c1-24-12-10-17-5-8-20(23-19(17)11-13-24)26-15-14-25(22(26)29)18-6-2-16(3-7-18)4-9-21(27)28;/h5,8,16,18H,2-4,6-7,9-15H2,1H3,(H,27,28);1H/t16-,18-;. The molecule has 2 fully saturated rings. The highest BCUT2D eigenvalue weighted by molar-refractivity contribution is 5.93. The number of hydrogen-bond donors (Lipinski definition) is 1. The topological polar surface area (TPSA) is 77.0 Å². The number of fused-ring (bicyclic) bond motifs is 1. The van der Waals surface area contributed by atoms with Crippen LogP contribution in [0.1, 0.15) is 49.8 Å². The molecule has 0 unspecified atom stereocenters. The molecule has 0 spiro atoms. The van der Waals surface area contributed by atoms with E-state index >= 15 is 0 Å². The molecule has 2 amide bonds. The second-order valence-electron chi connectivity index (χ2n) is 8.81. The minimum atomic E-state index is -0.711. The zero-order chi connectivity index (χ0) is 20.4. The molecule has 8 heteroatoms. The number of carbonyl (C=O) groups excluding carboxylic acids is 1. The predicted molar refractivity (Wildman–Crippen MR) is 118 cm³/mol. The number of amides is 2. The summed E-state index contributed by atoms with van der Waals surface area (Å²) in [6.45, 7) is 3.52. The van der Waals surface area contributed by atoms with Crippen molar-refractivity contribution in [2.24, 2.45) is 5.92 Å². The molecule has 1 aromatic rings. The molecule has 2 aliphatic heterocycles. The zero-order valence-electron chi connectivity index (χ0n) is 17.8. The SMILES string of the molecule is CN1CCc2ccc(N3CCN([C@H]4CC[C@H](CCC(=O)O)CC4)C3=O)nc2CC1.Cl. The summed E-state index contributed by atoms with van der Waals surface area (Å²) in [7, 11) is 2.14. The van der Waals surface area contributed by atoms with Crippen LogP contribution < -0.4 is 4.90 Å². The third-order valence-electron chi connectivity index (χ3n) is 6.89. The van der Waals surface area contributed by atoms with Crippen LogP contribution >= 0.6 is 12.4 Å². The largest absolute Gasteiger partial charge is 0.481 e. The molecular formula is C22H33ClN4O3. The van der Waals surface area contributed by atoms with Gasteiger partial charge in [-0.2, -0.15) is 0 Å². The van der Waals surface area contributed by atoms with Crippen molar-refractivity contribution in [3.8, 4) is 0 Å². The van der Waals surface area contributed by atoms with Crippen molar-refractivity contribution < 1.29 is 14.7 Å². The predicted octanol–water partition coefficient (Wildman–Crippen LogP) is 3.20. The lowest BCUT2D eigenvalue weighted by Crippen LogP contribution is -2.41. The number of aromatic nitrogens is 1. The summed E-state index contributed by atoms with van der Waals surface area (Å²) in [5.41, 5.74) is 2.44. The number of likely N-dealkylation sites (N-methyl/N-ethyl adjacent to an activating group) is 1. The van der Waals surface area contributed by atoms with Crippen LogP contribution in [-0.4, -0.2) is 71.2 Å². The fourth-order valence-electron chi connectivity index (χ4n) is 5.01. The number of halogens is 1. The first-order valence-electron chi connectivity index (χ1n) is 11.0. The summed E-state index contributed by atoms with van der Waals surface area (Å²) in [5.74, 6) is 0.564. The molecule has 1 saturated heterocycles. The molecule has 7 nitrogen and oxygen atoms in total. The van der Waals surface area contributed by atoms with Gasteiger partial charge in [-0.15, -0.1) is 12.4 Å². The molecule has 0 atom stereocenters. The van der Waals surface area contributed by atoms with Crippen LogP contribution in [0.15, 0.2) is 12.1 Å². The van der Waals surface area contributed by atoms with Crippen molar-refractivity contribution in [2.75, 3.05) is 38.1 Å². The number of carbonyl (C=O) groups is 2. The first kappa shape index (κ1) is 22.8. The molecule has 3 heterocycles. The van der Waals surface area contributed by atoms with Crippen LogP contribution in [-0.2, 0) is 17.6 Å². The van der Waals surface area contributed by atoms with Crippen LogP contribution in [0, 0.1) is 5.92 Å². The van der Waals surface area contributed by atoms with Crippen molar-refractivity contribution >= 4 is 30.2 Å².